The summed E-state index contributed by atoms with van der Waals surface area (Å²) in [5.74, 6) is 2.46. The van der Waals surface area contributed by atoms with Gasteiger partial charge in [-0.3, -0.25) is 4.79 Å². The first-order chi connectivity index (χ1) is 14.2. The van der Waals surface area contributed by atoms with Gasteiger partial charge in [0.05, 0.1) is 24.8 Å². The van der Waals surface area contributed by atoms with Gasteiger partial charge in [-0.25, -0.2) is 4.98 Å². The number of carbonyl (C=O) groups excluding carboxylic acids is 1. The molecule has 0 atom stereocenters. The van der Waals surface area contributed by atoms with Crippen LogP contribution in [0.1, 0.15) is 12.2 Å². The molecular weight excluding hydrogens is 370 g/mol. The van der Waals surface area contributed by atoms with Crippen LogP contribution >= 0.6 is 0 Å². The van der Waals surface area contributed by atoms with Crippen molar-refractivity contribution in [1.82, 2.24) is 14.9 Å². The minimum atomic E-state index is -0.122. The molecule has 3 aromatic rings. The smallest absolute Gasteiger partial charge is 0.245 e. The van der Waals surface area contributed by atoms with Crippen LogP contribution in [0.5, 0.6) is 11.5 Å². The van der Waals surface area contributed by atoms with Gasteiger partial charge in [0.15, 0.2) is 0 Å². The Hall–Kier alpha value is -3.06. The molecular formula is C22H27N3O4. The summed E-state index contributed by atoms with van der Waals surface area (Å²) < 4.78 is 18.0. The lowest BCUT2D eigenvalue weighted by Gasteiger charge is -2.11. The molecule has 0 unspecified atom stereocenters. The highest BCUT2D eigenvalue weighted by atomic mass is 16.5. The van der Waals surface area contributed by atoms with Crippen LogP contribution in [-0.4, -0.2) is 49.4 Å². The second-order valence-electron chi connectivity index (χ2n) is 6.58. The summed E-state index contributed by atoms with van der Waals surface area (Å²) in [6, 6.07) is 15.6. The molecule has 7 heteroatoms. The monoisotopic (exact) mass is 397 g/mol. The molecule has 0 saturated heterocycles. The molecule has 0 fully saturated rings. The fraction of sp³-hybridized carbons (Fsp3) is 0.364. The molecule has 1 aromatic heterocycles. The lowest BCUT2D eigenvalue weighted by atomic mass is 10.3. The Balaban J connectivity index is 1.58. The average molecular weight is 397 g/mol. The van der Waals surface area contributed by atoms with Crippen LogP contribution in [0.4, 0.5) is 0 Å². The maximum absolute atomic E-state index is 11.6. The Morgan fingerprint density at radius 1 is 1.07 bits per heavy atom. The molecule has 1 amide bonds. The van der Waals surface area contributed by atoms with E-state index in [1.165, 1.54) is 7.11 Å². The first-order valence-electron chi connectivity index (χ1n) is 9.68. The number of imidazole rings is 1. The molecule has 0 spiro atoms. The molecule has 0 aliphatic rings. The van der Waals surface area contributed by atoms with Gasteiger partial charge in [-0.15, -0.1) is 0 Å². The molecule has 154 valence electrons. The molecule has 0 saturated carbocycles. The van der Waals surface area contributed by atoms with Crippen molar-refractivity contribution in [3.63, 3.8) is 0 Å². The molecule has 0 aliphatic carbocycles. The van der Waals surface area contributed by atoms with E-state index >= 15 is 0 Å². The van der Waals surface area contributed by atoms with Gasteiger partial charge >= 0.3 is 0 Å². The fourth-order valence-corrected chi connectivity index (χ4v) is 3.15. The molecule has 1 N–H and O–H groups in total. The summed E-state index contributed by atoms with van der Waals surface area (Å²) in [4.78, 5) is 16.3. The third kappa shape index (κ3) is 5.71. The highest BCUT2D eigenvalue weighted by Gasteiger charge is 2.11. The number of aromatic nitrogens is 2. The van der Waals surface area contributed by atoms with Crippen molar-refractivity contribution in [2.45, 2.75) is 19.4 Å². The van der Waals surface area contributed by atoms with Gasteiger partial charge in [0.25, 0.3) is 0 Å². The molecule has 0 bridgehead atoms. The van der Waals surface area contributed by atoms with Crippen LogP contribution in [-0.2, 0) is 22.5 Å². The van der Waals surface area contributed by atoms with Crippen molar-refractivity contribution < 1.29 is 19.0 Å². The minimum absolute atomic E-state index is 0.0686. The third-order valence-electron chi connectivity index (χ3n) is 4.53. The van der Waals surface area contributed by atoms with Gasteiger partial charge in [0.2, 0.25) is 5.91 Å². The van der Waals surface area contributed by atoms with Crippen LogP contribution in [0, 0.1) is 0 Å². The van der Waals surface area contributed by atoms with Crippen molar-refractivity contribution in [3.8, 4) is 11.5 Å². The van der Waals surface area contributed by atoms with Crippen molar-refractivity contribution >= 4 is 16.9 Å². The second kappa shape index (κ2) is 10.5. The quantitative estimate of drug-likeness (QED) is 0.504. The number of aryl methyl sites for hydroxylation is 1. The van der Waals surface area contributed by atoms with E-state index in [1.807, 2.05) is 42.5 Å². The number of rotatable bonds is 11. The van der Waals surface area contributed by atoms with Crippen molar-refractivity contribution in [3.05, 3.63) is 54.4 Å². The number of hydrogen-bond donors (Lipinski definition) is 1. The van der Waals surface area contributed by atoms with E-state index in [-0.39, 0.29) is 12.5 Å². The van der Waals surface area contributed by atoms with Gasteiger partial charge in [-0.1, -0.05) is 12.1 Å². The number of fused-ring (bicyclic) bond motifs is 1. The molecule has 29 heavy (non-hydrogen) atoms. The maximum Gasteiger partial charge on any atom is 0.245 e. The predicted octanol–water partition coefficient (Wildman–Crippen LogP) is 2.82. The van der Waals surface area contributed by atoms with E-state index in [0.717, 1.165) is 41.3 Å². The Kier molecular flexibility index (Phi) is 7.47. The number of nitrogens with zero attached hydrogens (tertiary/aromatic N) is 2. The van der Waals surface area contributed by atoms with Crippen molar-refractivity contribution in [1.29, 1.82) is 0 Å². The summed E-state index contributed by atoms with van der Waals surface area (Å²) in [5.41, 5.74) is 2.05. The predicted molar refractivity (Wildman–Crippen MR) is 111 cm³/mol. The van der Waals surface area contributed by atoms with Crippen LogP contribution < -0.4 is 14.8 Å². The lowest BCUT2D eigenvalue weighted by Crippen LogP contribution is -2.29. The number of benzene rings is 2. The Morgan fingerprint density at radius 3 is 2.59 bits per heavy atom. The van der Waals surface area contributed by atoms with Crippen LogP contribution in [0.3, 0.4) is 0 Å². The van der Waals surface area contributed by atoms with E-state index in [9.17, 15) is 4.79 Å². The summed E-state index contributed by atoms with van der Waals surface area (Å²) >= 11 is 0. The SMILES string of the molecule is COCC(=O)NCCc1nc2ccccc2n1CCCOc1ccc(OC)cc1. The molecule has 2 aromatic carbocycles. The second-order valence-corrected chi connectivity index (χ2v) is 6.58. The van der Waals surface area contributed by atoms with E-state index < -0.39 is 0 Å². The molecule has 3 rings (SSSR count). The zero-order valence-electron chi connectivity index (χ0n) is 16.9. The Morgan fingerprint density at radius 2 is 1.83 bits per heavy atom. The fourth-order valence-electron chi connectivity index (χ4n) is 3.15. The standard InChI is InChI=1S/C22H27N3O4/c1-27-16-22(26)23-13-12-21-24-19-6-3-4-7-20(19)25(21)14-5-15-29-18-10-8-17(28-2)9-11-18/h3-4,6-11H,5,12-16H2,1-2H3,(H,23,26). The highest BCUT2D eigenvalue weighted by Crippen LogP contribution is 2.19. The van der Waals surface area contributed by atoms with Gasteiger partial charge in [0.1, 0.15) is 23.9 Å². The van der Waals surface area contributed by atoms with Crippen LogP contribution in [0.15, 0.2) is 48.5 Å². The minimum Gasteiger partial charge on any atom is -0.497 e. The summed E-state index contributed by atoms with van der Waals surface area (Å²) in [5, 5.41) is 2.85. The van der Waals surface area contributed by atoms with Gasteiger partial charge < -0.3 is 24.1 Å². The molecule has 0 aliphatic heterocycles. The van der Waals surface area contributed by atoms with E-state index in [0.29, 0.717) is 19.6 Å². The first-order valence-corrected chi connectivity index (χ1v) is 9.68. The maximum atomic E-state index is 11.6. The average Bonchev–Trinajstić information content (AvgIpc) is 3.09. The van der Waals surface area contributed by atoms with Gasteiger partial charge in [-0.2, -0.15) is 0 Å². The molecule has 1 heterocycles. The summed E-state index contributed by atoms with van der Waals surface area (Å²) in [7, 11) is 3.15. The third-order valence-corrected chi connectivity index (χ3v) is 4.53. The largest absolute Gasteiger partial charge is 0.497 e. The molecule has 7 nitrogen and oxygen atoms in total. The van der Waals surface area contributed by atoms with Crippen LogP contribution in [0.2, 0.25) is 0 Å². The summed E-state index contributed by atoms with van der Waals surface area (Å²) in [6.45, 7) is 1.98. The topological polar surface area (TPSA) is 74.6 Å². The number of carbonyl (C=O) groups is 1. The zero-order valence-corrected chi connectivity index (χ0v) is 16.9. The zero-order chi connectivity index (χ0) is 20.5. The van der Waals surface area contributed by atoms with Crippen molar-refractivity contribution in [2.24, 2.45) is 0 Å². The van der Waals surface area contributed by atoms with E-state index in [2.05, 4.69) is 16.0 Å². The number of nitrogens with one attached hydrogen (secondary N) is 1. The summed E-state index contributed by atoms with van der Waals surface area (Å²) in [6.07, 6.45) is 1.50. The number of methoxy groups -OCH3 is 2. The molecule has 0 radical (unpaired) electrons. The van der Waals surface area contributed by atoms with Crippen LogP contribution in [0.25, 0.3) is 11.0 Å². The van der Waals surface area contributed by atoms with E-state index in [1.54, 1.807) is 7.11 Å². The normalized spacial score (nSPS) is 10.8. The highest BCUT2D eigenvalue weighted by molar-refractivity contribution is 5.77. The Bertz CT molecular complexity index is 921. The number of amides is 1. The number of para-hydroxylation sites is 2. The van der Waals surface area contributed by atoms with Gasteiger partial charge in [-0.05, 0) is 42.8 Å². The van der Waals surface area contributed by atoms with Gasteiger partial charge in [0, 0.05) is 26.6 Å². The Labute approximate surface area is 170 Å². The lowest BCUT2D eigenvalue weighted by molar-refractivity contribution is -0.124. The first kappa shape index (κ1) is 20.7. The van der Waals surface area contributed by atoms with E-state index in [4.69, 9.17) is 19.2 Å². The number of hydrogen-bond acceptors (Lipinski definition) is 5. The van der Waals surface area contributed by atoms with Crippen molar-refractivity contribution in [2.75, 3.05) is 34.0 Å². The number of ether oxygens (including phenoxy) is 3.